The molecular formula is C32H33ClF3N3O3. The van der Waals surface area contributed by atoms with Crippen LogP contribution in [-0.2, 0) is 34.2 Å². The summed E-state index contributed by atoms with van der Waals surface area (Å²) in [5.41, 5.74) is 7.58. The summed E-state index contributed by atoms with van der Waals surface area (Å²) in [6, 6.07) is 21.7. The summed E-state index contributed by atoms with van der Waals surface area (Å²) in [5.74, 6) is -0.197. The van der Waals surface area contributed by atoms with E-state index < -0.39 is 28.8 Å². The SMILES string of the molecule is CCOC(=O)C(C)(C)Oc1ccc(C(C)(N)Cc2cc(-c3ccc(C(F)(F)F)cc3)nn2Cc2ccccc2)cc1Cl. The highest BCUT2D eigenvalue weighted by molar-refractivity contribution is 6.32. The summed E-state index contributed by atoms with van der Waals surface area (Å²) in [6.45, 7) is 7.46. The molecule has 4 aromatic rings. The van der Waals surface area contributed by atoms with E-state index in [2.05, 4.69) is 0 Å². The summed E-state index contributed by atoms with van der Waals surface area (Å²) in [6.07, 6.45) is -4.08. The number of alkyl halides is 3. The van der Waals surface area contributed by atoms with Crippen molar-refractivity contribution in [2.75, 3.05) is 6.61 Å². The molecule has 0 radical (unpaired) electrons. The Balaban J connectivity index is 1.63. The number of hydrogen-bond acceptors (Lipinski definition) is 5. The Labute approximate surface area is 248 Å². The van der Waals surface area contributed by atoms with Gasteiger partial charge in [0, 0.05) is 23.2 Å². The van der Waals surface area contributed by atoms with Crippen molar-refractivity contribution in [3.8, 4) is 17.0 Å². The largest absolute Gasteiger partial charge is 0.475 e. The molecule has 0 aliphatic carbocycles. The van der Waals surface area contributed by atoms with Crippen LogP contribution in [0.5, 0.6) is 5.75 Å². The minimum atomic E-state index is -4.42. The predicted molar refractivity (Wildman–Crippen MR) is 156 cm³/mol. The Morgan fingerprint density at radius 2 is 1.60 bits per heavy atom. The second-order valence-electron chi connectivity index (χ2n) is 10.8. The maximum atomic E-state index is 13.1. The van der Waals surface area contributed by atoms with Crippen LogP contribution < -0.4 is 10.5 Å². The summed E-state index contributed by atoms with van der Waals surface area (Å²) in [7, 11) is 0. The number of aromatic nitrogens is 2. The van der Waals surface area contributed by atoms with E-state index in [1.807, 2.05) is 48.0 Å². The molecule has 6 nitrogen and oxygen atoms in total. The van der Waals surface area contributed by atoms with Crippen LogP contribution in [0.2, 0.25) is 5.02 Å². The normalized spacial score (nSPS) is 13.5. The molecule has 0 fully saturated rings. The molecule has 0 amide bonds. The first-order valence-electron chi connectivity index (χ1n) is 13.4. The first kappa shape index (κ1) is 31.1. The molecule has 1 atom stereocenters. The summed E-state index contributed by atoms with van der Waals surface area (Å²) >= 11 is 6.56. The van der Waals surface area contributed by atoms with Gasteiger partial charge in [-0.15, -0.1) is 0 Å². The van der Waals surface area contributed by atoms with Gasteiger partial charge in [-0.25, -0.2) is 4.79 Å². The van der Waals surface area contributed by atoms with Gasteiger partial charge in [-0.1, -0.05) is 60.1 Å². The molecule has 0 saturated heterocycles. The van der Waals surface area contributed by atoms with Gasteiger partial charge in [-0.2, -0.15) is 18.3 Å². The van der Waals surface area contributed by atoms with E-state index in [9.17, 15) is 18.0 Å². The van der Waals surface area contributed by atoms with Crippen LogP contribution in [0, 0.1) is 0 Å². The fraction of sp³-hybridized carbons (Fsp3) is 0.312. The molecule has 1 heterocycles. The minimum absolute atomic E-state index is 0.227. The van der Waals surface area contributed by atoms with Crippen LogP contribution in [0.4, 0.5) is 13.2 Å². The van der Waals surface area contributed by atoms with Gasteiger partial charge < -0.3 is 15.2 Å². The van der Waals surface area contributed by atoms with Crippen molar-refractivity contribution in [3.05, 3.63) is 106 Å². The maximum absolute atomic E-state index is 13.1. The molecule has 2 N–H and O–H groups in total. The van der Waals surface area contributed by atoms with Crippen LogP contribution in [0.15, 0.2) is 78.9 Å². The Hall–Kier alpha value is -3.82. The lowest BCUT2D eigenvalue weighted by atomic mass is 9.88. The molecule has 1 aromatic heterocycles. The molecule has 4 rings (SSSR count). The van der Waals surface area contributed by atoms with Crippen molar-refractivity contribution in [1.82, 2.24) is 9.78 Å². The van der Waals surface area contributed by atoms with Gasteiger partial charge in [0.1, 0.15) is 5.75 Å². The molecule has 0 spiro atoms. The lowest BCUT2D eigenvalue weighted by Gasteiger charge is -2.28. The molecular weight excluding hydrogens is 567 g/mol. The van der Waals surface area contributed by atoms with E-state index in [4.69, 9.17) is 31.9 Å². The number of benzene rings is 3. The summed E-state index contributed by atoms with van der Waals surface area (Å²) < 4.78 is 52.1. The molecule has 222 valence electrons. The van der Waals surface area contributed by atoms with Gasteiger partial charge in [0.25, 0.3) is 0 Å². The fourth-order valence-corrected chi connectivity index (χ4v) is 4.72. The number of ether oxygens (including phenoxy) is 2. The van der Waals surface area contributed by atoms with E-state index in [0.717, 1.165) is 29.0 Å². The van der Waals surface area contributed by atoms with E-state index in [0.29, 0.717) is 30.0 Å². The standard InChI is InChI=1S/C32H33ClF3N3O3/c1-5-41-29(40)30(2,3)42-28-16-15-24(17-26(28)33)31(4,37)19-25-18-27(22-11-13-23(14-12-22)32(34,35)36)38-39(25)20-21-9-7-6-8-10-21/h6-18H,5,19-20,37H2,1-4H3. The zero-order valence-corrected chi connectivity index (χ0v) is 24.6. The summed E-state index contributed by atoms with van der Waals surface area (Å²) in [4.78, 5) is 12.3. The zero-order chi connectivity index (χ0) is 30.7. The van der Waals surface area contributed by atoms with Crippen LogP contribution in [-0.4, -0.2) is 28.0 Å². The first-order chi connectivity index (χ1) is 19.7. The Morgan fingerprint density at radius 1 is 0.952 bits per heavy atom. The topological polar surface area (TPSA) is 79.4 Å². The molecule has 1 unspecified atom stereocenters. The summed E-state index contributed by atoms with van der Waals surface area (Å²) in [5, 5.41) is 5.02. The van der Waals surface area contributed by atoms with Gasteiger partial charge in [0.2, 0.25) is 0 Å². The first-order valence-corrected chi connectivity index (χ1v) is 13.8. The third-order valence-electron chi connectivity index (χ3n) is 6.82. The number of nitrogens with zero attached hydrogens (tertiary/aromatic N) is 2. The molecule has 0 bridgehead atoms. The van der Waals surface area contributed by atoms with Crippen LogP contribution in [0.3, 0.4) is 0 Å². The van der Waals surface area contributed by atoms with Crippen LogP contribution in [0.25, 0.3) is 11.3 Å². The van der Waals surface area contributed by atoms with E-state index >= 15 is 0 Å². The lowest BCUT2D eigenvalue weighted by Crippen LogP contribution is -2.40. The van der Waals surface area contributed by atoms with Crippen molar-refractivity contribution in [2.24, 2.45) is 5.73 Å². The highest BCUT2D eigenvalue weighted by Crippen LogP contribution is 2.35. The molecule has 42 heavy (non-hydrogen) atoms. The van der Waals surface area contributed by atoms with Gasteiger partial charge in [0.05, 0.1) is 29.4 Å². The monoisotopic (exact) mass is 599 g/mol. The van der Waals surface area contributed by atoms with E-state index in [1.165, 1.54) is 12.1 Å². The zero-order valence-electron chi connectivity index (χ0n) is 23.8. The van der Waals surface area contributed by atoms with E-state index in [-0.39, 0.29) is 11.6 Å². The highest BCUT2D eigenvalue weighted by Gasteiger charge is 2.33. The smallest absolute Gasteiger partial charge is 0.416 e. The third kappa shape index (κ3) is 7.33. The number of halogens is 4. The molecule has 10 heteroatoms. The highest BCUT2D eigenvalue weighted by atomic mass is 35.5. The third-order valence-corrected chi connectivity index (χ3v) is 7.11. The quantitative estimate of drug-likeness (QED) is 0.192. The fourth-order valence-electron chi connectivity index (χ4n) is 4.50. The van der Waals surface area contributed by atoms with Crippen molar-refractivity contribution >= 4 is 17.6 Å². The average molecular weight is 600 g/mol. The van der Waals surface area contributed by atoms with Gasteiger partial charge in [-0.3, -0.25) is 4.68 Å². The van der Waals surface area contributed by atoms with Gasteiger partial charge in [-0.05, 0) is 69.2 Å². The molecule has 0 aliphatic rings. The van der Waals surface area contributed by atoms with Gasteiger partial charge in [0.15, 0.2) is 5.60 Å². The number of hydrogen-bond donors (Lipinski definition) is 1. The number of carbonyl (C=O) groups excluding carboxylic acids is 1. The minimum Gasteiger partial charge on any atom is -0.475 e. The number of rotatable bonds is 10. The average Bonchev–Trinajstić information content (AvgIpc) is 3.31. The molecule has 0 saturated carbocycles. The van der Waals surface area contributed by atoms with Crippen molar-refractivity contribution in [1.29, 1.82) is 0 Å². The maximum Gasteiger partial charge on any atom is 0.416 e. The van der Waals surface area contributed by atoms with Crippen LogP contribution in [0.1, 0.15) is 50.1 Å². The van der Waals surface area contributed by atoms with Gasteiger partial charge >= 0.3 is 12.1 Å². The number of carbonyl (C=O) groups is 1. The molecule has 0 aliphatic heterocycles. The molecule has 3 aromatic carbocycles. The Bertz CT molecular complexity index is 1530. The van der Waals surface area contributed by atoms with Crippen molar-refractivity contribution in [2.45, 2.75) is 58.0 Å². The van der Waals surface area contributed by atoms with E-state index in [1.54, 1.807) is 39.0 Å². The lowest BCUT2D eigenvalue weighted by molar-refractivity contribution is -0.158. The number of esters is 1. The van der Waals surface area contributed by atoms with Crippen molar-refractivity contribution < 1.29 is 27.4 Å². The Morgan fingerprint density at radius 3 is 2.19 bits per heavy atom. The second kappa shape index (κ2) is 12.2. The second-order valence-corrected chi connectivity index (χ2v) is 11.2. The van der Waals surface area contributed by atoms with Crippen molar-refractivity contribution in [3.63, 3.8) is 0 Å². The van der Waals surface area contributed by atoms with Crippen LogP contribution >= 0.6 is 11.6 Å². The number of nitrogens with two attached hydrogens (primary N) is 1. The predicted octanol–water partition coefficient (Wildman–Crippen LogP) is 7.41. The Kier molecular flexibility index (Phi) is 9.03.